The maximum atomic E-state index is 12.9. The molecule has 0 aliphatic heterocycles. The van der Waals surface area contributed by atoms with Crippen molar-refractivity contribution in [3.63, 3.8) is 0 Å². The van der Waals surface area contributed by atoms with Crippen LogP contribution in [0.25, 0.3) is 10.1 Å². The van der Waals surface area contributed by atoms with Crippen molar-refractivity contribution in [1.82, 2.24) is 0 Å². The van der Waals surface area contributed by atoms with Crippen molar-refractivity contribution in [1.29, 1.82) is 0 Å². The number of ether oxygens (including phenoxy) is 2. The Balaban J connectivity index is 1.98. The molecule has 0 fully saturated rings. The summed E-state index contributed by atoms with van der Waals surface area (Å²) in [4.78, 5) is 37.3. The van der Waals surface area contributed by atoms with Crippen LogP contribution in [0, 0.1) is 20.8 Å². The van der Waals surface area contributed by atoms with Crippen molar-refractivity contribution >= 4 is 49.9 Å². The predicted molar refractivity (Wildman–Crippen MR) is 131 cm³/mol. The van der Waals surface area contributed by atoms with Crippen molar-refractivity contribution < 1.29 is 23.9 Å². The number of fused-ring (bicyclic) bond motifs is 1. The molecule has 2 aromatic carbocycles. The Labute approximate surface area is 197 Å². The van der Waals surface area contributed by atoms with Gasteiger partial charge in [0.2, 0.25) is 5.91 Å². The summed E-state index contributed by atoms with van der Waals surface area (Å²) in [5, 5.41) is 6.66. The Morgan fingerprint density at radius 1 is 1.00 bits per heavy atom. The molecule has 0 saturated carbocycles. The van der Waals surface area contributed by atoms with E-state index in [-0.39, 0.29) is 24.0 Å². The molecule has 2 amide bonds. The van der Waals surface area contributed by atoms with Crippen LogP contribution in [0.1, 0.15) is 47.8 Å². The van der Waals surface area contributed by atoms with E-state index >= 15 is 0 Å². The van der Waals surface area contributed by atoms with Crippen LogP contribution in [0.4, 0.5) is 10.7 Å². The third kappa shape index (κ3) is 5.17. The quantitative estimate of drug-likeness (QED) is 0.455. The number of anilines is 2. The molecule has 7 nitrogen and oxygen atoms in total. The number of amides is 2. The predicted octanol–water partition coefficient (Wildman–Crippen LogP) is 5.37. The normalized spacial score (nSPS) is 11.7. The number of benzene rings is 2. The highest BCUT2D eigenvalue weighted by atomic mass is 32.1. The Morgan fingerprint density at radius 2 is 1.67 bits per heavy atom. The molecule has 8 heteroatoms. The molecule has 3 aromatic rings. The van der Waals surface area contributed by atoms with Crippen LogP contribution >= 0.6 is 11.3 Å². The molecule has 0 saturated heterocycles. The second kappa shape index (κ2) is 10.0. The van der Waals surface area contributed by atoms with Crippen molar-refractivity contribution in [3.8, 4) is 5.75 Å². The zero-order valence-electron chi connectivity index (χ0n) is 19.6. The SMILES string of the molecule is CCOC(=O)c1c(NC(C)=O)sc2c(O[C@H](C)C(=O)Nc3c(C)cccc3C)c(C)ccc12. The highest BCUT2D eigenvalue weighted by molar-refractivity contribution is 7.24. The second-order valence-electron chi connectivity index (χ2n) is 7.81. The first-order valence-corrected chi connectivity index (χ1v) is 11.5. The number of hydrogen-bond donors (Lipinski definition) is 2. The van der Waals surface area contributed by atoms with Crippen LogP contribution in [-0.2, 0) is 14.3 Å². The molecule has 33 heavy (non-hydrogen) atoms. The van der Waals surface area contributed by atoms with E-state index in [0.717, 1.165) is 22.4 Å². The molecular weight excluding hydrogens is 440 g/mol. The first-order valence-electron chi connectivity index (χ1n) is 10.7. The number of carbonyl (C=O) groups excluding carboxylic acids is 3. The van der Waals surface area contributed by atoms with Crippen LogP contribution in [0.15, 0.2) is 30.3 Å². The van der Waals surface area contributed by atoms with E-state index in [9.17, 15) is 14.4 Å². The minimum Gasteiger partial charge on any atom is -0.479 e. The molecule has 0 aliphatic carbocycles. The van der Waals surface area contributed by atoms with Crippen LogP contribution in [0.2, 0.25) is 0 Å². The average molecular weight is 469 g/mol. The maximum absolute atomic E-state index is 12.9. The van der Waals surface area contributed by atoms with Gasteiger partial charge in [-0.05, 0) is 51.3 Å². The van der Waals surface area contributed by atoms with Gasteiger partial charge in [-0.1, -0.05) is 30.3 Å². The molecule has 0 radical (unpaired) electrons. The number of thiophene rings is 1. The van der Waals surface area contributed by atoms with E-state index in [0.29, 0.717) is 20.8 Å². The molecule has 3 rings (SSSR count). The minimum atomic E-state index is -0.800. The first-order chi connectivity index (χ1) is 15.6. The number of esters is 1. The summed E-state index contributed by atoms with van der Waals surface area (Å²) in [6.45, 7) is 10.7. The summed E-state index contributed by atoms with van der Waals surface area (Å²) in [6.07, 6.45) is -0.800. The fraction of sp³-hybridized carbons (Fsp3) is 0.320. The average Bonchev–Trinajstić information content (AvgIpc) is 3.10. The number of aryl methyl sites for hydroxylation is 3. The zero-order valence-corrected chi connectivity index (χ0v) is 20.4. The highest BCUT2D eigenvalue weighted by Gasteiger charge is 2.26. The summed E-state index contributed by atoms with van der Waals surface area (Å²) in [5.41, 5.74) is 3.78. The molecule has 0 bridgehead atoms. The summed E-state index contributed by atoms with van der Waals surface area (Å²) in [5.74, 6) is -0.618. The number of para-hydroxylation sites is 1. The van der Waals surface area contributed by atoms with E-state index in [1.807, 2.05) is 45.0 Å². The molecular formula is C25H28N2O5S. The van der Waals surface area contributed by atoms with Gasteiger partial charge in [-0.3, -0.25) is 9.59 Å². The number of rotatable bonds is 7. The Bertz CT molecular complexity index is 1210. The van der Waals surface area contributed by atoms with Gasteiger partial charge < -0.3 is 20.1 Å². The third-order valence-corrected chi connectivity index (χ3v) is 6.29. The minimum absolute atomic E-state index is 0.209. The number of nitrogens with one attached hydrogen (secondary N) is 2. The fourth-order valence-corrected chi connectivity index (χ4v) is 4.78. The first kappa shape index (κ1) is 24.3. The van der Waals surface area contributed by atoms with Crippen molar-refractivity contribution in [2.45, 2.75) is 47.6 Å². The lowest BCUT2D eigenvalue weighted by molar-refractivity contribution is -0.122. The lowest BCUT2D eigenvalue weighted by Gasteiger charge is -2.18. The number of carbonyl (C=O) groups is 3. The standard InChI is InChI=1S/C25H28N2O5S/c1-7-31-25(30)19-18-12-11-15(4)21(22(18)33-24(19)26-17(6)28)32-16(5)23(29)27-20-13(2)9-8-10-14(20)3/h8-12,16H,7H2,1-6H3,(H,26,28)(H,27,29)/t16-/m1/s1. The molecule has 1 heterocycles. The molecule has 0 spiro atoms. The van der Waals surface area contributed by atoms with Gasteiger partial charge in [0.15, 0.2) is 6.10 Å². The van der Waals surface area contributed by atoms with E-state index in [2.05, 4.69) is 10.6 Å². The van der Waals surface area contributed by atoms with E-state index in [1.165, 1.54) is 18.3 Å². The maximum Gasteiger partial charge on any atom is 0.341 e. The Hall–Kier alpha value is -3.39. The summed E-state index contributed by atoms with van der Waals surface area (Å²) in [6, 6.07) is 9.43. The van der Waals surface area contributed by atoms with Crippen molar-refractivity contribution in [2.24, 2.45) is 0 Å². The van der Waals surface area contributed by atoms with E-state index in [1.54, 1.807) is 19.9 Å². The summed E-state index contributed by atoms with van der Waals surface area (Å²) in [7, 11) is 0. The van der Waals surface area contributed by atoms with Gasteiger partial charge in [0.05, 0.1) is 11.3 Å². The lowest BCUT2D eigenvalue weighted by Crippen LogP contribution is -2.30. The zero-order chi connectivity index (χ0) is 24.3. The van der Waals surface area contributed by atoms with Crippen LogP contribution in [-0.4, -0.2) is 30.5 Å². The smallest absolute Gasteiger partial charge is 0.341 e. The Morgan fingerprint density at radius 3 is 2.27 bits per heavy atom. The van der Waals surface area contributed by atoms with Gasteiger partial charge in [0, 0.05) is 18.0 Å². The van der Waals surface area contributed by atoms with E-state index in [4.69, 9.17) is 9.47 Å². The molecule has 2 N–H and O–H groups in total. The van der Waals surface area contributed by atoms with Gasteiger partial charge in [-0.2, -0.15) is 0 Å². The van der Waals surface area contributed by atoms with Crippen molar-refractivity contribution in [3.05, 3.63) is 52.6 Å². The highest BCUT2D eigenvalue weighted by Crippen LogP contribution is 2.43. The summed E-state index contributed by atoms with van der Waals surface area (Å²) < 4.78 is 12.0. The van der Waals surface area contributed by atoms with Gasteiger partial charge in [-0.15, -0.1) is 11.3 Å². The molecule has 0 unspecified atom stereocenters. The van der Waals surface area contributed by atoms with Crippen molar-refractivity contribution in [2.75, 3.05) is 17.2 Å². The second-order valence-corrected chi connectivity index (χ2v) is 8.83. The van der Waals surface area contributed by atoms with E-state index < -0.39 is 12.1 Å². The van der Waals surface area contributed by atoms with Gasteiger partial charge in [0.25, 0.3) is 5.91 Å². The molecule has 0 aliphatic rings. The van der Waals surface area contributed by atoms with Crippen LogP contribution < -0.4 is 15.4 Å². The fourth-order valence-electron chi connectivity index (χ4n) is 3.50. The molecule has 1 aromatic heterocycles. The molecule has 1 atom stereocenters. The third-order valence-electron chi connectivity index (χ3n) is 5.17. The largest absolute Gasteiger partial charge is 0.479 e. The van der Waals surface area contributed by atoms with Gasteiger partial charge in [0.1, 0.15) is 16.3 Å². The van der Waals surface area contributed by atoms with Crippen LogP contribution in [0.3, 0.4) is 0 Å². The Kier molecular flexibility index (Phi) is 7.38. The van der Waals surface area contributed by atoms with Gasteiger partial charge >= 0.3 is 5.97 Å². The topological polar surface area (TPSA) is 93.7 Å². The van der Waals surface area contributed by atoms with Crippen LogP contribution in [0.5, 0.6) is 5.75 Å². The molecule has 174 valence electrons. The summed E-state index contributed by atoms with van der Waals surface area (Å²) >= 11 is 1.22. The number of hydrogen-bond acceptors (Lipinski definition) is 6. The lowest BCUT2D eigenvalue weighted by atomic mass is 10.1. The van der Waals surface area contributed by atoms with Gasteiger partial charge in [-0.25, -0.2) is 4.79 Å². The monoisotopic (exact) mass is 468 g/mol.